The zero-order valence-electron chi connectivity index (χ0n) is 21.7. The molecule has 210 valence electrons. The lowest BCUT2D eigenvalue weighted by Gasteiger charge is -2.33. The third-order valence-corrected chi connectivity index (χ3v) is 7.09. The van der Waals surface area contributed by atoms with Gasteiger partial charge < -0.3 is 19.6 Å². The highest BCUT2D eigenvalue weighted by Crippen LogP contribution is 2.38. The van der Waals surface area contributed by atoms with Gasteiger partial charge in [-0.15, -0.1) is 0 Å². The Kier molecular flexibility index (Phi) is 7.72. The summed E-state index contributed by atoms with van der Waals surface area (Å²) in [6.45, 7) is 3.47. The highest BCUT2D eigenvalue weighted by Gasteiger charge is 2.40. The first-order valence-electron chi connectivity index (χ1n) is 12.9. The highest BCUT2D eigenvalue weighted by molar-refractivity contribution is 5.67. The minimum Gasteiger partial charge on any atom is -0.481 e. The van der Waals surface area contributed by atoms with Crippen molar-refractivity contribution >= 4 is 5.97 Å². The Morgan fingerprint density at radius 3 is 2.62 bits per heavy atom. The van der Waals surface area contributed by atoms with Crippen LogP contribution < -0.4 is 0 Å². The second kappa shape index (κ2) is 11.2. The molecule has 9 nitrogen and oxygen atoms in total. The molecule has 5 rings (SSSR count). The highest BCUT2D eigenvalue weighted by atomic mass is 19.4. The van der Waals surface area contributed by atoms with E-state index in [1.807, 2.05) is 0 Å². The molecule has 0 saturated carbocycles. The van der Waals surface area contributed by atoms with E-state index in [1.165, 1.54) is 0 Å². The Morgan fingerprint density at radius 1 is 1.18 bits per heavy atom. The number of aliphatic hydroxyl groups is 1. The smallest absolute Gasteiger partial charge is 0.434 e. The third kappa shape index (κ3) is 5.92. The van der Waals surface area contributed by atoms with E-state index in [2.05, 4.69) is 20.1 Å². The topological polar surface area (TPSA) is 118 Å². The van der Waals surface area contributed by atoms with Gasteiger partial charge in [0.2, 0.25) is 5.82 Å². The Morgan fingerprint density at radius 2 is 1.93 bits per heavy atom. The predicted octanol–water partition coefficient (Wildman–Crippen LogP) is 5.14. The number of carboxylic acid groups (broad SMARTS) is 1. The van der Waals surface area contributed by atoms with Crippen LogP contribution in [-0.4, -0.2) is 60.6 Å². The van der Waals surface area contributed by atoms with E-state index in [1.54, 1.807) is 55.5 Å². The lowest BCUT2D eigenvalue weighted by molar-refractivity contribution is -0.142. The molecular formula is C28H28F3N5O4. The Hall–Kier alpha value is -4.03. The van der Waals surface area contributed by atoms with Gasteiger partial charge >= 0.3 is 12.1 Å². The zero-order valence-corrected chi connectivity index (χ0v) is 21.7. The number of nitrogens with zero attached hydrogens (tertiary/aromatic N) is 5. The van der Waals surface area contributed by atoms with E-state index in [0.29, 0.717) is 29.8 Å². The first kappa shape index (κ1) is 27.5. The molecule has 2 aromatic heterocycles. The van der Waals surface area contributed by atoms with Gasteiger partial charge in [0.05, 0.1) is 23.6 Å². The van der Waals surface area contributed by atoms with E-state index in [9.17, 15) is 23.1 Å². The van der Waals surface area contributed by atoms with Gasteiger partial charge in [0.1, 0.15) is 0 Å². The summed E-state index contributed by atoms with van der Waals surface area (Å²) >= 11 is 0. The van der Waals surface area contributed by atoms with Gasteiger partial charge in [-0.05, 0) is 49.4 Å². The van der Waals surface area contributed by atoms with Gasteiger partial charge in [0.25, 0.3) is 5.89 Å². The number of aryl methyl sites for hydroxylation is 1. The van der Waals surface area contributed by atoms with Crippen LogP contribution in [-0.2, 0) is 11.0 Å². The quantitative estimate of drug-likeness (QED) is 0.307. The van der Waals surface area contributed by atoms with Crippen LogP contribution in [0.15, 0.2) is 59.3 Å². The summed E-state index contributed by atoms with van der Waals surface area (Å²) in [6, 6.07) is 13.4. The number of aliphatic carboxylic acids is 1. The van der Waals surface area contributed by atoms with Crippen LogP contribution in [0.5, 0.6) is 0 Å². The Balaban J connectivity index is 1.33. The first-order valence-corrected chi connectivity index (χ1v) is 12.9. The van der Waals surface area contributed by atoms with Gasteiger partial charge in [-0.1, -0.05) is 47.6 Å². The maximum absolute atomic E-state index is 14.1. The van der Waals surface area contributed by atoms with Crippen LogP contribution in [0.4, 0.5) is 13.2 Å². The molecule has 1 saturated heterocycles. The number of β-amino-alcohol motifs (C(OH)–C–C–N with tert-alkyl or cyclic N) is 1. The number of alkyl halides is 3. The number of aliphatic hydroxyl groups excluding tert-OH is 1. The number of carboxylic acids is 1. The minimum absolute atomic E-state index is 0.0648. The summed E-state index contributed by atoms with van der Waals surface area (Å²) in [5.74, 6) is -0.968. The molecule has 0 bridgehead atoms. The van der Waals surface area contributed by atoms with Crippen molar-refractivity contribution in [3.8, 4) is 28.5 Å². The Bertz CT molecular complexity index is 1480. The van der Waals surface area contributed by atoms with E-state index in [-0.39, 0.29) is 35.3 Å². The average molecular weight is 556 g/mol. The third-order valence-electron chi connectivity index (χ3n) is 7.09. The number of likely N-dealkylation sites (tertiary alicyclic amines) is 1. The summed E-state index contributed by atoms with van der Waals surface area (Å²) < 4.78 is 48.5. The van der Waals surface area contributed by atoms with Gasteiger partial charge in [0.15, 0.2) is 5.69 Å². The number of rotatable bonds is 8. The standard InChI is InChI=1S/C28H28F3N5O4/c1-17-5-2-3-7-22(17)36-25(28(29,30)31)21(14-32-36)27-33-26(34-40-27)20-10-8-19(9-11-20)23(37)16-35-12-4-6-18(15-35)13-24(38)39/h2-3,5,7-11,14,18,23,37H,4,6,12-13,15-16H2,1H3,(H,38,39)/t18-,23+/m1/s1. The molecule has 2 aromatic carbocycles. The molecule has 4 aromatic rings. The monoisotopic (exact) mass is 555 g/mol. The molecule has 0 radical (unpaired) electrons. The van der Waals surface area contributed by atoms with Crippen molar-refractivity contribution in [2.45, 2.75) is 38.5 Å². The molecular weight excluding hydrogens is 527 g/mol. The largest absolute Gasteiger partial charge is 0.481 e. The van der Waals surface area contributed by atoms with E-state index in [4.69, 9.17) is 9.63 Å². The lowest BCUT2D eigenvalue weighted by Crippen LogP contribution is -2.38. The summed E-state index contributed by atoms with van der Waals surface area (Å²) in [5, 5.41) is 27.7. The molecule has 0 aliphatic carbocycles. The summed E-state index contributed by atoms with van der Waals surface area (Å²) in [6.07, 6.45) is -2.61. The van der Waals surface area contributed by atoms with Gasteiger partial charge in [-0.2, -0.15) is 23.3 Å². The number of hydrogen-bond acceptors (Lipinski definition) is 7. The predicted molar refractivity (Wildman–Crippen MR) is 138 cm³/mol. The van der Waals surface area contributed by atoms with Gasteiger partial charge in [-0.3, -0.25) is 4.79 Å². The first-order chi connectivity index (χ1) is 19.1. The molecule has 2 atom stereocenters. The molecule has 1 aliphatic heterocycles. The van der Waals surface area contributed by atoms with Crippen LogP contribution >= 0.6 is 0 Å². The van der Waals surface area contributed by atoms with Gasteiger partial charge in [-0.25, -0.2) is 4.68 Å². The maximum Gasteiger partial charge on any atom is 0.434 e. The van der Waals surface area contributed by atoms with Crippen molar-refractivity contribution in [2.24, 2.45) is 5.92 Å². The summed E-state index contributed by atoms with van der Waals surface area (Å²) in [7, 11) is 0. The molecule has 40 heavy (non-hydrogen) atoms. The lowest BCUT2D eigenvalue weighted by atomic mass is 9.94. The van der Waals surface area contributed by atoms with Crippen LogP contribution in [0.3, 0.4) is 0 Å². The number of piperidine rings is 1. The normalized spacial score (nSPS) is 17.2. The number of hydrogen-bond donors (Lipinski definition) is 2. The number of benzene rings is 2. The van der Waals surface area contributed by atoms with E-state index < -0.39 is 23.9 Å². The second-order valence-corrected chi connectivity index (χ2v) is 10.0. The van der Waals surface area contributed by atoms with Gasteiger partial charge in [0, 0.05) is 25.1 Å². The number of aromatic nitrogens is 4. The van der Waals surface area contributed by atoms with Crippen LogP contribution in [0.1, 0.15) is 42.2 Å². The molecule has 0 unspecified atom stereocenters. The molecule has 1 aliphatic rings. The van der Waals surface area contributed by atoms with Crippen molar-refractivity contribution in [1.29, 1.82) is 0 Å². The number of para-hydroxylation sites is 1. The van der Waals surface area contributed by atoms with Crippen molar-refractivity contribution < 1.29 is 32.7 Å². The fraction of sp³-hybridized carbons (Fsp3) is 0.357. The average Bonchev–Trinajstić information content (AvgIpc) is 3.57. The van der Waals surface area contributed by atoms with E-state index in [0.717, 1.165) is 30.3 Å². The van der Waals surface area contributed by atoms with Crippen molar-refractivity contribution in [3.05, 3.63) is 71.5 Å². The molecule has 1 fully saturated rings. The van der Waals surface area contributed by atoms with Crippen LogP contribution in [0, 0.1) is 12.8 Å². The SMILES string of the molecule is Cc1ccccc1-n1ncc(-c2nc(-c3ccc([C@@H](O)CN4CCC[C@H](CC(=O)O)C4)cc3)no2)c1C(F)(F)F. The zero-order chi connectivity index (χ0) is 28.4. The van der Waals surface area contributed by atoms with Crippen LogP contribution in [0.2, 0.25) is 0 Å². The van der Waals surface area contributed by atoms with Crippen molar-refractivity contribution in [3.63, 3.8) is 0 Å². The van der Waals surface area contributed by atoms with Crippen molar-refractivity contribution in [1.82, 2.24) is 24.8 Å². The number of carbonyl (C=O) groups is 1. The maximum atomic E-state index is 14.1. The molecule has 12 heteroatoms. The molecule has 3 heterocycles. The molecule has 2 N–H and O–H groups in total. The molecule has 0 spiro atoms. The second-order valence-electron chi connectivity index (χ2n) is 10.0. The minimum atomic E-state index is -4.73. The summed E-state index contributed by atoms with van der Waals surface area (Å²) in [4.78, 5) is 17.3. The number of halogens is 3. The fourth-order valence-electron chi connectivity index (χ4n) is 5.15. The van der Waals surface area contributed by atoms with Crippen molar-refractivity contribution in [2.75, 3.05) is 19.6 Å². The molecule has 0 amide bonds. The Labute approximate surface area is 227 Å². The summed E-state index contributed by atoms with van der Waals surface area (Å²) in [5.41, 5.74) is 0.716. The fourth-order valence-corrected chi connectivity index (χ4v) is 5.15. The van der Waals surface area contributed by atoms with Crippen LogP contribution in [0.25, 0.3) is 28.5 Å². The van der Waals surface area contributed by atoms with E-state index >= 15 is 0 Å².